The van der Waals surface area contributed by atoms with Gasteiger partial charge in [-0.3, -0.25) is 0 Å². The van der Waals surface area contributed by atoms with Gasteiger partial charge in [-0.1, -0.05) is 0 Å². The van der Waals surface area contributed by atoms with Crippen LogP contribution in [0.4, 0.5) is 4.79 Å². The lowest BCUT2D eigenvalue weighted by Crippen LogP contribution is -2.55. The summed E-state index contributed by atoms with van der Waals surface area (Å²) < 4.78 is 0. The fraction of sp³-hybridized carbons (Fsp3) is 0.889. The van der Waals surface area contributed by atoms with Crippen molar-refractivity contribution in [3.05, 3.63) is 0 Å². The molecule has 1 heterocycles. The first-order chi connectivity index (χ1) is 6.02. The van der Waals surface area contributed by atoms with Crippen molar-refractivity contribution in [2.45, 2.75) is 31.8 Å². The molecule has 0 saturated carbocycles. The van der Waals surface area contributed by atoms with E-state index in [9.17, 15) is 4.79 Å². The lowest BCUT2D eigenvalue weighted by molar-refractivity contribution is 0.0879. The summed E-state index contributed by atoms with van der Waals surface area (Å²) in [7, 11) is 3.56. The number of carbonyl (C=O) groups excluding carboxylic acids is 1. The van der Waals surface area contributed by atoms with Crippen LogP contribution in [0.2, 0.25) is 0 Å². The van der Waals surface area contributed by atoms with Gasteiger partial charge in [-0.2, -0.15) is 0 Å². The number of hydrogen-bond acceptors (Lipinski definition) is 2. The highest BCUT2D eigenvalue weighted by atomic mass is 16.2. The number of carbonyl (C=O) groups is 1. The molecule has 1 fully saturated rings. The molecule has 2 atom stereocenters. The Bertz CT molecular complexity index is 191. The summed E-state index contributed by atoms with van der Waals surface area (Å²) in [5, 5.41) is 0. The van der Waals surface area contributed by atoms with Gasteiger partial charge in [0.2, 0.25) is 0 Å². The fourth-order valence-electron chi connectivity index (χ4n) is 1.62. The molecular weight excluding hydrogens is 166 g/mol. The zero-order chi connectivity index (χ0) is 10.0. The van der Waals surface area contributed by atoms with E-state index < -0.39 is 0 Å². The predicted octanol–water partition coefficient (Wildman–Crippen LogP) is 0.480. The molecule has 0 spiro atoms. The van der Waals surface area contributed by atoms with Crippen molar-refractivity contribution in [3.8, 4) is 0 Å². The second kappa shape index (κ2) is 3.96. The lowest BCUT2D eigenvalue weighted by Gasteiger charge is -2.43. The third-order valence-electron chi connectivity index (χ3n) is 2.42. The third kappa shape index (κ3) is 2.34. The minimum Gasteiger partial charge on any atom is -0.331 e. The molecule has 4 nitrogen and oxygen atoms in total. The van der Waals surface area contributed by atoms with Crippen LogP contribution in [-0.2, 0) is 0 Å². The van der Waals surface area contributed by atoms with Crippen molar-refractivity contribution in [1.82, 2.24) is 9.80 Å². The Morgan fingerprint density at radius 1 is 1.69 bits per heavy atom. The molecule has 13 heavy (non-hydrogen) atoms. The van der Waals surface area contributed by atoms with Crippen LogP contribution >= 0.6 is 0 Å². The number of likely N-dealkylation sites (tertiary alicyclic amines) is 1. The minimum absolute atomic E-state index is 0.108. The van der Waals surface area contributed by atoms with Gasteiger partial charge in [-0.25, -0.2) is 4.79 Å². The average molecular weight is 185 g/mol. The van der Waals surface area contributed by atoms with Crippen LogP contribution in [-0.4, -0.2) is 48.6 Å². The van der Waals surface area contributed by atoms with Gasteiger partial charge in [0, 0.05) is 32.7 Å². The molecule has 0 aromatic rings. The SMILES string of the molecule is CC(N)CC1CCN1C(=O)N(C)C. The van der Waals surface area contributed by atoms with Gasteiger partial charge in [0.25, 0.3) is 0 Å². The molecule has 4 heteroatoms. The number of nitrogens with two attached hydrogens (primary N) is 1. The van der Waals surface area contributed by atoms with Gasteiger partial charge in [0.05, 0.1) is 0 Å². The van der Waals surface area contributed by atoms with Crippen molar-refractivity contribution in [2.24, 2.45) is 5.73 Å². The normalized spacial score (nSPS) is 23.7. The maximum Gasteiger partial charge on any atom is 0.319 e. The van der Waals surface area contributed by atoms with Crippen molar-refractivity contribution in [2.75, 3.05) is 20.6 Å². The Morgan fingerprint density at radius 2 is 2.31 bits per heavy atom. The predicted molar refractivity (Wildman–Crippen MR) is 52.5 cm³/mol. The lowest BCUT2D eigenvalue weighted by atomic mass is 9.97. The van der Waals surface area contributed by atoms with E-state index in [1.54, 1.807) is 19.0 Å². The van der Waals surface area contributed by atoms with Gasteiger partial charge in [0.1, 0.15) is 0 Å². The Kier molecular flexibility index (Phi) is 3.14. The van der Waals surface area contributed by atoms with Crippen molar-refractivity contribution < 1.29 is 4.79 Å². The van der Waals surface area contributed by atoms with Crippen molar-refractivity contribution in [3.63, 3.8) is 0 Å². The smallest absolute Gasteiger partial charge is 0.319 e. The maximum atomic E-state index is 11.5. The van der Waals surface area contributed by atoms with E-state index in [1.165, 1.54) is 0 Å². The van der Waals surface area contributed by atoms with E-state index >= 15 is 0 Å². The molecule has 76 valence electrons. The minimum atomic E-state index is 0.108. The quantitative estimate of drug-likeness (QED) is 0.680. The highest BCUT2D eigenvalue weighted by Gasteiger charge is 2.33. The first-order valence-electron chi connectivity index (χ1n) is 4.76. The maximum absolute atomic E-state index is 11.5. The van der Waals surface area contributed by atoms with E-state index in [4.69, 9.17) is 5.73 Å². The van der Waals surface area contributed by atoms with Crippen LogP contribution in [0, 0.1) is 0 Å². The highest BCUT2D eigenvalue weighted by molar-refractivity contribution is 5.75. The Hall–Kier alpha value is -0.770. The van der Waals surface area contributed by atoms with E-state index in [-0.39, 0.29) is 12.1 Å². The van der Waals surface area contributed by atoms with Gasteiger partial charge in [0.15, 0.2) is 0 Å². The number of amides is 2. The van der Waals surface area contributed by atoms with Crippen molar-refractivity contribution in [1.29, 1.82) is 0 Å². The number of urea groups is 1. The number of rotatable bonds is 2. The zero-order valence-electron chi connectivity index (χ0n) is 8.66. The molecule has 0 bridgehead atoms. The van der Waals surface area contributed by atoms with E-state index in [2.05, 4.69) is 0 Å². The molecule has 2 N–H and O–H groups in total. The summed E-state index contributed by atoms with van der Waals surface area (Å²) in [5.74, 6) is 0. The summed E-state index contributed by atoms with van der Waals surface area (Å²) in [6, 6.07) is 0.662. The Morgan fingerprint density at radius 3 is 2.62 bits per heavy atom. The topological polar surface area (TPSA) is 49.6 Å². The Balaban J connectivity index is 2.40. The molecule has 1 aliphatic rings. The van der Waals surface area contributed by atoms with Gasteiger partial charge in [-0.15, -0.1) is 0 Å². The third-order valence-corrected chi connectivity index (χ3v) is 2.42. The van der Waals surface area contributed by atoms with Gasteiger partial charge >= 0.3 is 6.03 Å². The van der Waals surface area contributed by atoms with E-state index in [0.29, 0.717) is 6.04 Å². The fourth-order valence-corrected chi connectivity index (χ4v) is 1.62. The van der Waals surface area contributed by atoms with Crippen molar-refractivity contribution >= 4 is 6.03 Å². The second-order valence-corrected chi connectivity index (χ2v) is 4.03. The van der Waals surface area contributed by atoms with Crippen LogP contribution in [0.5, 0.6) is 0 Å². The molecule has 1 aliphatic heterocycles. The molecule has 0 radical (unpaired) electrons. The summed E-state index contributed by atoms with van der Waals surface area (Å²) in [5.41, 5.74) is 5.69. The summed E-state index contributed by atoms with van der Waals surface area (Å²) in [6.45, 7) is 2.87. The van der Waals surface area contributed by atoms with Crippen LogP contribution in [0.3, 0.4) is 0 Å². The van der Waals surface area contributed by atoms with Gasteiger partial charge < -0.3 is 15.5 Å². The van der Waals surface area contributed by atoms with Gasteiger partial charge in [-0.05, 0) is 19.8 Å². The monoisotopic (exact) mass is 185 g/mol. The standard InChI is InChI=1S/C9H19N3O/c1-7(10)6-8-4-5-12(8)9(13)11(2)3/h7-8H,4-6,10H2,1-3H3. The average Bonchev–Trinajstić information content (AvgIpc) is 1.98. The first kappa shape index (κ1) is 10.3. The number of hydrogen-bond donors (Lipinski definition) is 1. The zero-order valence-corrected chi connectivity index (χ0v) is 8.66. The van der Waals surface area contributed by atoms with Crippen LogP contribution < -0.4 is 5.73 Å². The van der Waals surface area contributed by atoms with Crippen LogP contribution in [0.15, 0.2) is 0 Å². The molecule has 2 amide bonds. The summed E-state index contributed by atoms with van der Waals surface area (Å²) in [6.07, 6.45) is 2.01. The summed E-state index contributed by atoms with van der Waals surface area (Å²) >= 11 is 0. The van der Waals surface area contributed by atoms with E-state index in [0.717, 1.165) is 19.4 Å². The molecule has 1 rings (SSSR count). The molecular formula is C9H19N3O. The molecule has 0 aliphatic carbocycles. The highest BCUT2D eigenvalue weighted by Crippen LogP contribution is 2.22. The first-order valence-corrected chi connectivity index (χ1v) is 4.76. The number of nitrogens with zero attached hydrogens (tertiary/aromatic N) is 2. The summed E-state index contributed by atoms with van der Waals surface area (Å²) in [4.78, 5) is 15.0. The second-order valence-electron chi connectivity index (χ2n) is 4.03. The molecule has 0 aromatic carbocycles. The van der Waals surface area contributed by atoms with Crippen LogP contribution in [0.25, 0.3) is 0 Å². The molecule has 0 aromatic heterocycles. The Labute approximate surface area is 79.7 Å². The van der Waals surface area contributed by atoms with E-state index in [1.807, 2.05) is 11.8 Å². The molecule has 2 unspecified atom stereocenters. The molecule has 1 saturated heterocycles. The van der Waals surface area contributed by atoms with Crippen LogP contribution in [0.1, 0.15) is 19.8 Å². The largest absolute Gasteiger partial charge is 0.331 e.